The topological polar surface area (TPSA) is 55.6 Å². The molecule has 17 heavy (non-hydrogen) atoms. The molecule has 4 heteroatoms. The highest BCUT2D eigenvalue weighted by atomic mass is 16.5. The van der Waals surface area contributed by atoms with Crippen LogP contribution in [0.3, 0.4) is 0 Å². The van der Waals surface area contributed by atoms with E-state index in [1.807, 2.05) is 31.2 Å². The van der Waals surface area contributed by atoms with Gasteiger partial charge in [0.1, 0.15) is 5.75 Å². The van der Waals surface area contributed by atoms with E-state index in [1.165, 1.54) is 0 Å². The largest absolute Gasteiger partial charge is 0.494 e. The summed E-state index contributed by atoms with van der Waals surface area (Å²) in [5.41, 5.74) is 6.26. The van der Waals surface area contributed by atoms with Crippen molar-refractivity contribution >= 4 is 11.6 Å². The molecule has 1 aromatic carbocycles. The van der Waals surface area contributed by atoms with Gasteiger partial charge in [-0.25, -0.2) is 0 Å². The van der Waals surface area contributed by atoms with Gasteiger partial charge in [0, 0.05) is 19.2 Å². The molecular weight excluding hydrogens is 216 g/mol. The number of hydrogen-bond donors (Lipinski definition) is 1. The molecule has 0 radical (unpaired) electrons. The minimum Gasteiger partial charge on any atom is -0.494 e. The highest BCUT2D eigenvalue weighted by Gasteiger charge is 2.07. The molecule has 0 aliphatic heterocycles. The maximum Gasteiger partial charge on any atom is 0.226 e. The molecule has 0 fully saturated rings. The first-order valence-corrected chi connectivity index (χ1v) is 5.88. The van der Waals surface area contributed by atoms with Crippen LogP contribution < -0.4 is 15.4 Å². The molecule has 0 saturated carbocycles. The SMILES string of the molecule is CCC(=O)N(C)c1ccc(OCCCN)cc1. The number of ether oxygens (including phenoxy) is 1. The summed E-state index contributed by atoms with van der Waals surface area (Å²) >= 11 is 0. The van der Waals surface area contributed by atoms with Gasteiger partial charge in [-0.2, -0.15) is 0 Å². The Bertz CT molecular complexity index is 349. The summed E-state index contributed by atoms with van der Waals surface area (Å²) in [6.45, 7) is 3.11. The normalized spacial score (nSPS) is 10.1. The molecule has 1 aromatic rings. The predicted octanol–water partition coefficient (Wildman–Crippen LogP) is 1.79. The fourth-order valence-corrected chi connectivity index (χ4v) is 1.42. The lowest BCUT2D eigenvalue weighted by Gasteiger charge is -2.16. The summed E-state index contributed by atoms with van der Waals surface area (Å²) in [6.07, 6.45) is 1.35. The van der Waals surface area contributed by atoms with Crippen LogP contribution in [-0.2, 0) is 4.79 Å². The Morgan fingerprint density at radius 1 is 1.35 bits per heavy atom. The van der Waals surface area contributed by atoms with Gasteiger partial charge in [0.05, 0.1) is 6.61 Å². The second-order valence-electron chi connectivity index (χ2n) is 3.79. The van der Waals surface area contributed by atoms with Crippen molar-refractivity contribution in [1.29, 1.82) is 0 Å². The molecule has 0 aliphatic carbocycles. The Kier molecular flexibility index (Phi) is 5.49. The Hall–Kier alpha value is -1.55. The number of anilines is 1. The molecule has 94 valence electrons. The van der Waals surface area contributed by atoms with Gasteiger partial charge >= 0.3 is 0 Å². The number of hydrogen-bond acceptors (Lipinski definition) is 3. The number of rotatable bonds is 6. The molecule has 0 unspecified atom stereocenters. The summed E-state index contributed by atoms with van der Waals surface area (Å²) in [4.78, 5) is 13.1. The van der Waals surface area contributed by atoms with Gasteiger partial charge in [0.15, 0.2) is 0 Å². The lowest BCUT2D eigenvalue weighted by Crippen LogP contribution is -2.24. The number of nitrogens with two attached hydrogens (primary N) is 1. The molecule has 0 saturated heterocycles. The van der Waals surface area contributed by atoms with Crippen molar-refractivity contribution in [2.24, 2.45) is 5.73 Å². The van der Waals surface area contributed by atoms with Crippen LogP contribution in [0, 0.1) is 0 Å². The third-order valence-corrected chi connectivity index (χ3v) is 2.52. The van der Waals surface area contributed by atoms with Crippen LogP contribution in [0.4, 0.5) is 5.69 Å². The molecule has 4 nitrogen and oxygen atoms in total. The Morgan fingerprint density at radius 2 is 2.00 bits per heavy atom. The van der Waals surface area contributed by atoms with Crippen molar-refractivity contribution in [3.8, 4) is 5.75 Å². The second kappa shape index (κ2) is 6.91. The van der Waals surface area contributed by atoms with Crippen LogP contribution in [0.2, 0.25) is 0 Å². The molecule has 0 bridgehead atoms. The van der Waals surface area contributed by atoms with Crippen molar-refractivity contribution in [2.45, 2.75) is 19.8 Å². The Balaban J connectivity index is 2.58. The van der Waals surface area contributed by atoms with E-state index in [4.69, 9.17) is 10.5 Å². The van der Waals surface area contributed by atoms with E-state index in [1.54, 1.807) is 11.9 Å². The van der Waals surface area contributed by atoms with Crippen LogP contribution in [0.25, 0.3) is 0 Å². The number of benzene rings is 1. The van der Waals surface area contributed by atoms with Crippen molar-refractivity contribution in [3.63, 3.8) is 0 Å². The standard InChI is InChI=1S/C13H20N2O2/c1-3-13(16)15(2)11-5-7-12(8-6-11)17-10-4-9-14/h5-8H,3-4,9-10,14H2,1-2H3. The smallest absolute Gasteiger partial charge is 0.226 e. The first-order chi connectivity index (χ1) is 8.19. The van der Waals surface area contributed by atoms with Gasteiger partial charge in [0.2, 0.25) is 5.91 Å². The Morgan fingerprint density at radius 3 is 2.53 bits per heavy atom. The number of amides is 1. The fourth-order valence-electron chi connectivity index (χ4n) is 1.42. The van der Waals surface area contributed by atoms with Crippen molar-refractivity contribution in [1.82, 2.24) is 0 Å². The minimum atomic E-state index is 0.0989. The predicted molar refractivity (Wildman–Crippen MR) is 69.3 cm³/mol. The van der Waals surface area contributed by atoms with Crippen LogP contribution in [0.15, 0.2) is 24.3 Å². The molecule has 0 aromatic heterocycles. The van der Waals surface area contributed by atoms with Crippen molar-refractivity contribution < 1.29 is 9.53 Å². The molecule has 0 atom stereocenters. The molecule has 1 amide bonds. The van der Waals surface area contributed by atoms with Crippen LogP contribution in [0.5, 0.6) is 5.75 Å². The summed E-state index contributed by atoms with van der Waals surface area (Å²) in [7, 11) is 1.77. The van der Waals surface area contributed by atoms with E-state index in [0.717, 1.165) is 17.9 Å². The molecule has 0 heterocycles. The van der Waals surface area contributed by atoms with E-state index >= 15 is 0 Å². The van der Waals surface area contributed by atoms with Crippen LogP contribution in [0.1, 0.15) is 19.8 Å². The third kappa shape index (κ3) is 4.07. The molecule has 1 rings (SSSR count). The van der Waals surface area contributed by atoms with Crippen molar-refractivity contribution in [3.05, 3.63) is 24.3 Å². The summed E-state index contributed by atoms with van der Waals surface area (Å²) in [5, 5.41) is 0. The van der Waals surface area contributed by atoms with Gasteiger partial charge in [0.25, 0.3) is 0 Å². The second-order valence-corrected chi connectivity index (χ2v) is 3.79. The van der Waals surface area contributed by atoms with E-state index in [2.05, 4.69) is 0 Å². The summed E-state index contributed by atoms with van der Waals surface area (Å²) < 4.78 is 5.48. The maximum atomic E-state index is 11.5. The third-order valence-electron chi connectivity index (χ3n) is 2.52. The Labute approximate surface area is 102 Å². The quantitative estimate of drug-likeness (QED) is 0.766. The maximum absolute atomic E-state index is 11.5. The van der Waals surface area contributed by atoms with Gasteiger partial charge in [-0.1, -0.05) is 6.92 Å². The zero-order valence-corrected chi connectivity index (χ0v) is 10.5. The molecule has 0 aliphatic rings. The van der Waals surface area contributed by atoms with Gasteiger partial charge in [-0.05, 0) is 37.2 Å². The first-order valence-electron chi connectivity index (χ1n) is 5.88. The monoisotopic (exact) mass is 236 g/mol. The van der Waals surface area contributed by atoms with E-state index in [0.29, 0.717) is 19.6 Å². The highest BCUT2D eigenvalue weighted by Crippen LogP contribution is 2.19. The zero-order valence-electron chi connectivity index (χ0n) is 10.5. The number of nitrogens with zero attached hydrogens (tertiary/aromatic N) is 1. The van der Waals surface area contributed by atoms with Gasteiger partial charge in [-0.15, -0.1) is 0 Å². The van der Waals surface area contributed by atoms with Gasteiger partial charge in [-0.3, -0.25) is 4.79 Å². The van der Waals surface area contributed by atoms with Crippen LogP contribution >= 0.6 is 0 Å². The lowest BCUT2D eigenvalue weighted by atomic mass is 10.2. The minimum absolute atomic E-state index is 0.0989. The van der Waals surface area contributed by atoms with Gasteiger partial charge < -0.3 is 15.4 Å². The molecule has 0 spiro atoms. The van der Waals surface area contributed by atoms with E-state index in [-0.39, 0.29) is 5.91 Å². The first kappa shape index (κ1) is 13.5. The van der Waals surface area contributed by atoms with E-state index in [9.17, 15) is 4.79 Å². The van der Waals surface area contributed by atoms with Crippen LogP contribution in [-0.4, -0.2) is 26.1 Å². The summed E-state index contributed by atoms with van der Waals surface area (Å²) in [5.74, 6) is 0.904. The number of carbonyl (C=O) groups is 1. The average molecular weight is 236 g/mol. The number of carbonyl (C=O) groups excluding carboxylic acids is 1. The lowest BCUT2D eigenvalue weighted by molar-refractivity contribution is -0.118. The molecule has 2 N–H and O–H groups in total. The average Bonchev–Trinajstić information content (AvgIpc) is 2.38. The fraction of sp³-hybridized carbons (Fsp3) is 0.462. The zero-order chi connectivity index (χ0) is 12.7. The van der Waals surface area contributed by atoms with Crippen molar-refractivity contribution in [2.75, 3.05) is 25.1 Å². The van der Waals surface area contributed by atoms with E-state index < -0.39 is 0 Å². The highest BCUT2D eigenvalue weighted by molar-refractivity contribution is 5.92. The summed E-state index contributed by atoms with van der Waals surface area (Å²) in [6, 6.07) is 7.49. The molecular formula is C13H20N2O2.